The number of pyridine rings is 1. The fraction of sp³-hybridized carbons (Fsp3) is 0.364. The number of carbonyl (C=O) groups is 1. The summed E-state index contributed by atoms with van der Waals surface area (Å²) in [5.74, 6) is 0.115. The van der Waals surface area contributed by atoms with E-state index in [1.165, 1.54) is 0 Å². The molecule has 0 saturated carbocycles. The molecule has 2 aromatic heterocycles. The van der Waals surface area contributed by atoms with Crippen LogP contribution in [0.25, 0.3) is 10.9 Å². The number of hydrogen-bond donors (Lipinski definition) is 1. The average molecular weight is 363 g/mol. The highest BCUT2D eigenvalue weighted by Crippen LogP contribution is 2.23. The number of ether oxygens (including phenoxy) is 1. The molecule has 3 aromatic rings. The van der Waals surface area contributed by atoms with E-state index in [1.807, 2.05) is 48.2 Å². The van der Waals surface area contributed by atoms with E-state index in [0.29, 0.717) is 19.5 Å². The van der Waals surface area contributed by atoms with Crippen molar-refractivity contribution in [3.05, 3.63) is 65.6 Å². The lowest BCUT2D eigenvalue weighted by molar-refractivity contribution is -0.132. The molecule has 5 heteroatoms. The van der Waals surface area contributed by atoms with Gasteiger partial charge in [-0.25, -0.2) is 0 Å². The third kappa shape index (κ3) is 4.03. The van der Waals surface area contributed by atoms with Gasteiger partial charge in [0.25, 0.3) is 0 Å². The number of H-pyrrole nitrogens is 1. The minimum Gasteiger partial charge on any atom is -0.376 e. The fourth-order valence-electron chi connectivity index (χ4n) is 3.80. The second-order valence-corrected chi connectivity index (χ2v) is 7.18. The molecule has 1 saturated heterocycles. The van der Waals surface area contributed by atoms with E-state index >= 15 is 0 Å². The van der Waals surface area contributed by atoms with E-state index in [-0.39, 0.29) is 12.0 Å². The number of aromatic amines is 1. The fourth-order valence-corrected chi connectivity index (χ4v) is 3.80. The first-order chi connectivity index (χ1) is 13.2. The van der Waals surface area contributed by atoms with Gasteiger partial charge in [0.15, 0.2) is 0 Å². The van der Waals surface area contributed by atoms with E-state index in [2.05, 4.69) is 16.0 Å². The molecule has 27 heavy (non-hydrogen) atoms. The molecule has 1 N–H and O–H groups in total. The summed E-state index contributed by atoms with van der Waals surface area (Å²) < 4.78 is 5.78. The molecular weight excluding hydrogens is 338 g/mol. The van der Waals surface area contributed by atoms with Crippen LogP contribution in [0.1, 0.15) is 29.8 Å². The van der Waals surface area contributed by atoms with Crippen LogP contribution >= 0.6 is 0 Å². The topological polar surface area (TPSA) is 58.2 Å². The highest BCUT2D eigenvalue weighted by molar-refractivity contribution is 5.90. The molecule has 0 spiro atoms. The van der Waals surface area contributed by atoms with Gasteiger partial charge in [-0.3, -0.25) is 9.78 Å². The summed E-state index contributed by atoms with van der Waals surface area (Å²) in [5, 5.41) is 1.12. The molecule has 1 fully saturated rings. The van der Waals surface area contributed by atoms with Gasteiger partial charge in [-0.15, -0.1) is 0 Å². The minimum atomic E-state index is 0.115. The Kier molecular flexibility index (Phi) is 5.21. The lowest BCUT2D eigenvalue weighted by Crippen LogP contribution is -2.38. The van der Waals surface area contributed by atoms with Crippen molar-refractivity contribution < 1.29 is 9.53 Å². The third-order valence-electron chi connectivity index (χ3n) is 5.23. The molecule has 1 amide bonds. The van der Waals surface area contributed by atoms with Gasteiger partial charge < -0.3 is 14.6 Å². The molecule has 1 atom stereocenters. The van der Waals surface area contributed by atoms with E-state index in [4.69, 9.17) is 4.74 Å². The number of aryl methyl sites for hydroxylation is 1. The molecule has 1 aliphatic heterocycles. The minimum absolute atomic E-state index is 0.115. The SMILES string of the molecule is Cc1[nH]c2ccccc2c1CC(=O)N(Cc1ccccn1)CC1CCCO1. The van der Waals surface area contributed by atoms with Gasteiger partial charge in [-0.2, -0.15) is 0 Å². The Bertz CT molecular complexity index is 914. The van der Waals surface area contributed by atoms with Crippen LogP contribution in [-0.4, -0.2) is 40.0 Å². The highest BCUT2D eigenvalue weighted by Gasteiger charge is 2.24. The second-order valence-electron chi connectivity index (χ2n) is 7.18. The molecule has 4 rings (SSSR count). The number of amides is 1. The summed E-state index contributed by atoms with van der Waals surface area (Å²) in [6, 6.07) is 14.0. The van der Waals surface area contributed by atoms with Crippen LogP contribution < -0.4 is 0 Å². The lowest BCUT2D eigenvalue weighted by atomic mass is 10.1. The van der Waals surface area contributed by atoms with Gasteiger partial charge in [0, 0.05) is 35.9 Å². The molecule has 140 valence electrons. The summed E-state index contributed by atoms with van der Waals surface area (Å²) in [5.41, 5.74) is 4.11. The van der Waals surface area contributed by atoms with E-state index < -0.39 is 0 Å². The maximum atomic E-state index is 13.2. The van der Waals surface area contributed by atoms with Crippen molar-refractivity contribution in [1.29, 1.82) is 0 Å². The number of para-hydroxylation sites is 1. The quantitative estimate of drug-likeness (QED) is 0.728. The van der Waals surface area contributed by atoms with Crippen LogP contribution in [0.2, 0.25) is 0 Å². The Morgan fingerprint density at radius 2 is 2.11 bits per heavy atom. The monoisotopic (exact) mass is 363 g/mol. The Labute approximate surface area is 159 Å². The number of benzene rings is 1. The Morgan fingerprint density at radius 1 is 1.26 bits per heavy atom. The first-order valence-electron chi connectivity index (χ1n) is 9.56. The van der Waals surface area contributed by atoms with Crippen molar-refractivity contribution in [1.82, 2.24) is 14.9 Å². The van der Waals surface area contributed by atoms with Gasteiger partial charge in [-0.05, 0) is 43.5 Å². The predicted molar refractivity (Wildman–Crippen MR) is 105 cm³/mol. The van der Waals surface area contributed by atoms with Gasteiger partial charge >= 0.3 is 0 Å². The van der Waals surface area contributed by atoms with Crippen molar-refractivity contribution in [2.45, 2.75) is 38.8 Å². The molecule has 0 aliphatic carbocycles. The van der Waals surface area contributed by atoms with Crippen molar-refractivity contribution in [2.75, 3.05) is 13.2 Å². The van der Waals surface area contributed by atoms with Gasteiger partial charge in [-0.1, -0.05) is 24.3 Å². The van der Waals surface area contributed by atoms with E-state index in [1.54, 1.807) is 6.20 Å². The van der Waals surface area contributed by atoms with Crippen molar-refractivity contribution in [3.63, 3.8) is 0 Å². The molecule has 0 radical (unpaired) electrons. The highest BCUT2D eigenvalue weighted by atomic mass is 16.5. The smallest absolute Gasteiger partial charge is 0.227 e. The maximum absolute atomic E-state index is 13.2. The number of rotatable bonds is 6. The van der Waals surface area contributed by atoms with Gasteiger partial charge in [0.2, 0.25) is 5.91 Å². The number of nitrogens with one attached hydrogen (secondary N) is 1. The van der Waals surface area contributed by atoms with Crippen molar-refractivity contribution in [2.24, 2.45) is 0 Å². The molecule has 0 bridgehead atoms. The largest absolute Gasteiger partial charge is 0.376 e. The number of hydrogen-bond acceptors (Lipinski definition) is 3. The average Bonchev–Trinajstić information content (AvgIpc) is 3.30. The number of nitrogens with zero attached hydrogens (tertiary/aromatic N) is 2. The first-order valence-corrected chi connectivity index (χ1v) is 9.56. The number of carbonyl (C=O) groups excluding carboxylic acids is 1. The zero-order valence-corrected chi connectivity index (χ0v) is 15.6. The second kappa shape index (κ2) is 7.92. The van der Waals surface area contributed by atoms with Gasteiger partial charge in [0.05, 0.1) is 24.8 Å². The third-order valence-corrected chi connectivity index (χ3v) is 5.23. The number of fused-ring (bicyclic) bond motifs is 1. The van der Waals surface area contributed by atoms with Crippen LogP contribution in [0.5, 0.6) is 0 Å². The standard InChI is InChI=1S/C22H25N3O2/c1-16-20(19-9-2-3-10-21(19)24-16)13-22(26)25(15-18-8-6-12-27-18)14-17-7-4-5-11-23-17/h2-5,7,9-11,18,24H,6,8,12-15H2,1H3. The van der Waals surface area contributed by atoms with E-state index in [9.17, 15) is 4.79 Å². The normalized spacial score (nSPS) is 16.7. The molecule has 3 heterocycles. The molecule has 1 unspecified atom stereocenters. The zero-order chi connectivity index (χ0) is 18.6. The van der Waals surface area contributed by atoms with Crippen LogP contribution in [0.4, 0.5) is 0 Å². The summed E-state index contributed by atoms with van der Waals surface area (Å²) >= 11 is 0. The summed E-state index contributed by atoms with van der Waals surface area (Å²) in [4.78, 5) is 22.9. The Balaban J connectivity index is 1.56. The zero-order valence-electron chi connectivity index (χ0n) is 15.6. The van der Waals surface area contributed by atoms with E-state index in [0.717, 1.165) is 47.3 Å². The number of aromatic nitrogens is 2. The Hall–Kier alpha value is -2.66. The summed E-state index contributed by atoms with van der Waals surface area (Å²) in [6.45, 7) is 3.96. The summed E-state index contributed by atoms with van der Waals surface area (Å²) in [6.07, 6.45) is 4.36. The Morgan fingerprint density at radius 3 is 2.89 bits per heavy atom. The molecular formula is C22H25N3O2. The molecule has 1 aliphatic rings. The maximum Gasteiger partial charge on any atom is 0.227 e. The lowest BCUT2D eigenvalue weighted by Gasteiger charge is -2.25. The van der Waals surface area contributed by atoms with Crippen LogP contribution in [-0.2, 0) is 22.5 Å². The summed E-state index contributed by atoms with van der Waals surface area (Å²) in [7, 11) is 0. The molecule has 5 nitrogen and oxygen atoms in total. The predicted octanol–water partition coefficient (Wildman–Crippen LogP) is 3.62. The van der Waals surface area contributed by atoms with Crippen molar-refractivity contribution in [3.8, 4) is 0 Å². The molecule has 1 aromatic carbocycles. The van der Waals surface area contributed by atoms with Gasteiger partial charge in [0.1, 0.15) is 0 Å². The first kappa shape index (κ1) is 17.7. The van der Waals surface area contributed by atoms with Crippen LogP contribution in [0.15, 0.2) is 48.7 Å². The van der Waals surface area contributed by atoms with Crippen LogP contribution in [0.3, 0.4) is 0 Å². The van der Waals surface area contributed by atoms with Crippen molar-refractivity contribution >= 4 is 16.8 Å². The van der Waals surface area contributed by atoms with Crippen LogP contribution in [0, 0.1) is 6.92 Å².